The molecule has 0 spiro atoms. The van der Waals surface area contributed by atoms with Crippen molar-refractivity contribution in [2.75, 3.05) is 33.7 Å². The van der Waals surface area contributed by atoms with Crippen molar-refractivity contribution >= 4 is 12.1 Å². The van der Waals surface area contributed by atoms with Crippen molar-refractivity contribution in [2.45, 2.75) is 39.3 Å². The molecule has 3 rings (SSSR count). The van der Waals surface area contributed by atoms with E-state index in [9.17, 15) is 9.59 Å². The lowest BCUT2D eigenvalue weighted by atomic mass is 9.88. The highest BCUT2D eigenvalue weighted by atomic mass is 16.2. The number of hydrogen-bond donors (Lipinski definition) is 1. The van der Waals surface area contributed by atoms with Crippen LogP contribution in [-0.2, 0) is 0 Å². The Morgan fingerprint density at radius 2 is 1.78 bits per heavy atom. The van der Waals surface area contributed by atoms with E-state index in [-0.39, 0.29) is 29.6 Å². The maximum absolute atomic E-state index is 12.8. The first-order valence-corrected chi connectivity index (χ1v) is 9.69. The van der Waals surface area contributed by atoms with E-state index >= 15 is 0 Å². The van der Waals surface area contributed by atoms with E-state index in [1.165, 1.54) is 11.1 Å². The minimum atomic E-state index is -0.253. The van der Waals surface area contributed by atoms with Gasteiger partial charge in [0.05, 0.1) is 6.04 Å². The topological polar surface area (TPSA) is 55.9 Å². The number of carbonyl (C=O) groups is 2. The third-order valence-electron chi connectivity index (χ3n) is 5.57. The number of hydrogen-bond acceptors (Lipinski definition) is 2. The molecule has 4 amide bonds. The van der Waals surface area contributed by atoms with Gasteiger partial charge in [0.15, 0.2) is 0 Å². The molecule has 3 atom stereocenters. The third-order valence-corrected chi connectivity index (χ3v) is 5.57. The fourth-order valence-electron chi connectivity index (χ4n) is 4.38. The van der Waals surface area contributed by atoms with Crippen molar-refractivity contribution in [3.63, 3.8) is 0 Å². The fourth-order valence-corrected chi connectivity index (χ4v) is 4.38. The molecule has 6 nitrogen and oxygen atoms in total. The van der Waals surface area contributed by atoms with Gasteiger partial charge in [0.2, 0.25) is 0 Å². The highest BCUT2D eigenvalue weighted by Crippen LogP contribution is 2.46. The Morgan fingerprint density at radius 1 is 1.11 bits per heavy atom. The number of carbonyl (C=O) groups excluding carboxylic acids is 2. The molecular formula is C21H32N4O2. The van der Waals surface area contributed by atoms with Gasteiger partial charge in [-0.1, -0.05) is 24.3 Å². The lowest BCUT2D eigenvalue weighted by Gasteiger charge is -2.33. The van der Waals surface area contributed by atoms with Gasteiger partial charge in [0, 0.05) is 51.1 Å². The van der Waals surface area contributed by atoms with Gasteiger partial charge in [-0.2, -0.15) is 0 Å². The monoisotopic (exact) mass is 372 g/mol. The number of rotatable bonds is 1. The molecule has 1 aromatic carbocycles. The molecule has 148 valence electrons. The molecule has 0 unspecified atom stereocenters. The van der Waals surface area contributed by atoms with Crippen LogP contribution in [0.25, 0.3) is 0 Å². The average molecular weight is 373 g/mol. The lowest BCUT2D eigenvalue weighted by molar-refractivity contribution is 0.151. The zero-order valence-electron chi connectivity index (χ0n) is 17.3. The molecule has 0 radical (unpaired) electrons. The van der Waals surface area contributed by atoms with Crippen LogP contribution < -0.4 is 5.32 Å². The highest BCUT2D eigenvalue weighted by molar-refractivity contribution is 5.77. The van der Waals surface area contributed by atoms with Gasteiger partial charge in [0.25, 0.3) is 0 Å². The molecule has 2 fully saturated rings. The van der Waals surface area contributed by atoms with Crippen molar-refractivity contribution in [3.8, 4) is 0 Å². The Balaban J connectivity index is 1.87. The van der Waals surface area contributed by atoms with Crippen molar-refractivity contribution in [1.82, 2.24) is 20.0 Å². The largest absolute Gasteiger partial charge is 0.333 e. The number of likely N-dealkylation sites (tertiary alicyclic amines) is 2. The molecule has 1 aromatic rings. The molecular weight excluding hydrogens is 340 g/mol. The molecule has 0 aliphatic carbocycles. The summed E-state index contributed by atoms with van der Waals surface area (Å²) in [5.74, 6) is 0.574. The summed E-state index contributed by atoms with van der Waals surface area (Å²) in [7, 11) is 3.60. The van der Waals surface area contributed by atoms with E-state index in [0.29, 0.717) is 25.6 Å². The zero-order chi connectivity index (χ0) is 19.9. The lowest BCUT2D eigenvalue weighted by Crippen LogP contribution is -2.49. The number of nitrogens with zero attached hydrogens (tertiary/aromatic N) is 3. The summed E-state index contributed by atoms with van der Waals surface area (Å²) in [4.78, 5) is 31.1. The first-order valence-electron chi connectivity index (χ1n) is 9.69. The Labute approximate surface area is 162 Å². The minimum absolute atomic E-state index is 0.00841. The van der Waals surface area contributed by atoms with Crippen molar-refractivity contribution in [2.24, 2.45) is 11.8 Å². The zero-order valence-corrected chi connectivity index (χ0v) is 17.3. The SMILES string of the molecule is Cc1ccccc1[C@H]1[C@@H]2CN(C(=O)NC(C)(C)C)C[C@@H]2CN1C(=O)N(C)C. The van der Waals surface area contributed by atoms with Crippen LogP contribution in [-0.4, -0.2) is 66.0 Å². The second-order valence-electron chi connectivity index (χ2n) is 9.14. The summed E-state index contributed by atoms with van der Waals surface area (Å²) < 4.78 is 0. The molecule has 0 bridgehead atoms. The van der Waals surface area contributed by atoms with Crippen LogP contribution in [0.3, 0.4) is 0 Å². The van der Waals surface area contributed by atoms with Crippen LogP contribution in [0.1, 0.15) is 37.9 Å². The number of amides is 4. The number of fused-ring (bicyclic) bond motifs is 1. The van der Waals surface area contributed by atoms with Gasteiger partial charge in [-0.25, -0.2) is 9.59 Å². The molecule has 1 N–H and O–H groups in total. The Morgan fingerprint density at radius 3 is 2.37 bits per heavy atom. The van der Waals surface area contributed by atoms with Gasteiger partial charge in [-0.15, -0.1) is 0 Å². The van der Waals surface area contributed by atoms with E-state index in [4.69, 9.17) is 0 Å². The van der Waals surface area contributed by atoms with Crippen LogP contribution in [0.5, 0.6) is 0 Å². The van der Waals surface area contributed by atoms with Crippen LogP contribution in [0, 0.1) is 18.8 Å². The first kappa shape index (κ1) is 19.5. The second-order valence-corrected chi connectivity index (χ2v) is 9.14. The van der Waals surface area contributed by atoms with E-state index < -0.39 is 0 Å². The number of urea groups is 2. The summed E-state index contributed by atoms with van der Waals surface area (Å²) in [6.07, 6.45) is 0. The standard InChI is InChI=1S/C21H32N4O2/c1-14-9-7-8-10-16(14)18-17-13-24(19(26)22-21(2,3)4)11-15(17)12-25(18)20(27)23(5)6/h7-10,15,17-18H,11-13H2,1-6H3,(H,22,26)/t15-,17-,18+/m1/s1. The normalized spacial score (nSPS) is 24.7. The molecule has 0 aromatic heterocycles. The average Bonchev–Trinajstić information content (AvgIpc) is 3.11. The summed E-state index contributed by atoms with van der Waals surface area (Å²) in [5, 5.41) is 3.07. The van der Waals surface area contributed by atoms with Crippen LogP contribution in [0.4, 0.5) is 9.59 Å². The minimum Gasteiger partial charge on any atom is -0.333 e. The fraction of sp³-hybridized carbons (Fsp3) is 0.619. The Kier molecular flexibility index (Phi) is 5.10. The van der Waals surface area contributed by atoms with Gasteiger partial charge in [-0.3, -0.25) is 0 Å². The maximum Gasteiger partial charge on any atom is 0.320 e. The van der Waals surface area contributed by atoms with Gasteiger partial charge >= 0.3 is 12.1 Å². The molecule has 2 saturated heterocycles. The van der Waals surface area contributed by atoms with Crippen LogP contribution >= 0.6 is 0 Å². The second kappa shape index (κ2) is 7.06. The third kappa shape index (κ3) is 3.89. The number of aryl methyl sites for hydroxylation is 1. The number of benzene rings is 1. The van der Waals surface area contributed by atoms with Gasteiger partial charge < -0.3 is 20.0 Å². The van der Waals surface area contributed by atoms with E-state index in [0.717, 1.165) is 0 Å². The predicted octanol–water partition coefficient (Wildman–Crippen LogP) is 3.09. The van der Waals surface area contributed by atoms with E-state index in [2.05, 4.69) is 24.4 Å². The van der Waals surface area contributed by atoms with Crippen molar-refractivity contribution in [1.29, 1.82) is 0 Å². The van der Waals surface area contributed by atoms with Crippen LogP contribution in [0.15, 0.2) is 24.3 Å². The molecule has 0 saturated carbocycles. The molecule has 2 heterocycles. The van der Waals surface area contributed by atoms with Crippen molar-refractivity contribution < 1.29 is 9.59 Å². The molecule has 2 aliphatic heterocycles. The molecule has 2 aliphatic rings. The summed E-state index contributed by atoms with van der Waals surface area (Å²) in [6.45, 7) is 10.2. The summed E-state index contributed by atoms with van der Waals surface area (Å²) in [5.41, 5.74) is 2.13. The molecule has 6 heteroatoms. The maximum atomic E-state index is 12.8. The van der Waals surface area contributed by atoms with Gasteiger partial charge in [0.1, 0.15) is 0 Å². The quantitative estimate of drug-likeness (QED) is 0.824. The number of nitrogens with one attached hydrogen (secondary N) is 1. The molecule has 27 heavy (non-hydrogen) atoms. The van der Waals surface area contributed by atoms with E-state index in [1.54, 1.807) is 19.0 Å². The Bertz CT molecular complexity index is 725. The van der Waals surface area contributed by atoms with Gasteiger partial charge in [-0.05, 0) is 38.8 Å². The predicted molar refractivity (Wildman–Crippen MR) is 107 cm³/mol. The smallest absolute Gasteiger partial charge is 0.320 e. The van der Waals surface area contributed by atoms with E-state index in [1.807, 2.05) is 42.7 Å². The first-order chi connectivity index (χ1) is 12.6. The summed E-state index contributed by atoms with van der Waals surface area (Å²) >= 11 is 0. The van der Waals surface area contributed by atoms with Crippen molar-refractivity contribution in [3.05, 3.63) is 35.4 Å². The summed E-state index contributed by atoms with van der Waals surface area (Å²) in [6, 6.07) is 8.33. The highest BCUT2D eigenvalue weighted by Gasteiger charge is 2.50. The Hall–Kier alpha value is -2.24. The van der Waals surface area contributed by atoms with Crippen LogP contribution in [0.2, 0.25) is 0 Å².